The van der Waals surface area contributed by atoms with Gasteiger partial charge in [0, 0.05) is 24.4 Å². The first-order valence-electron chi connectivity index (χ1n) is 5.95. The van der Waals surface area contributed by atoms with Crippen LogP contribution >= 0.6 is 0 Å². The van der Waals surface area contributed by atoms with E-state index in [1.165, 1.54) is 19.1 Å². The van der Waals surface area contributed by atoms with Crippen LogP contribution in [0.4, 0.5) is 0 Å². The van der Waals surface area contributed by atoms with Gasteiger partial charge in [-0.3, -0.25) is 4.79 Å². The normalized spacial score (nSPS) is 21.6. The third kappa shape index (κ3) is 1.73. The second-order valence-electron chi connectivity index (χ2n) is 5.03. The van der Waals surface area contributed by atoms with E-state index in [0.29, 0.717) is 0 Å². The second-order valence-corrected chi connectivity index (χ2v) is 5.03. The van der Waals surface area contributed by atoms with Crippen LogP contribution in [-0.4, -0.2) is 32.0 Å². The van der Waals surface area contributed by atoms with Crippen molar-refractivity contribution in [3.63, 3.8) is 0 Å². The molecular weight excluding hydrogens is 264 g/mol. The molecule has 0 fully saturated rings. The highest BCUT2D eigenvalue weighted by atomic mass is 16.6. The number of carbonyl (C=O) groups excluding carboxylic acids is 1. The molecule has 3 rings (SSSR count). The lowest BCUT2D eigenvalue weighted by atomic mass is 9.93. The Morgan fingerprint density at radius 2 is 1.80 bits per heavy atom. The summed E-state index contributed by atoms with van der Waals surface area (Å²) in [5, 5.41) is 39.4. The van der Waals surface area contributed by atoms with E-state index in [-0.39, 0.29) is 45.8 Å². The lowest BCUT2D eigenvalue weighted by Gasteiger charge is -2.30. The van der Waals surface area contributed by atoms with Gasteiger partial charge in [0.25, 0.3) is 0 Å². The molecule has 6 nitrogen and oxygen atoms in total. The Morgan fingerprint density at radius 1 is 1.15 bits per heavy atom. The summed E-state index contributed by atoms with van der Waals surface area (Å²) in [5.74, 6) is -2.92. The summed E-state index contributed by atoms with van der Waals surface area (Å²) in [6.07, 6.45) is -0.254. The topological polar surface area (TPSA) is 107 Å². The van der Waals surface area contributed by atoms with Crippen LogP contribution in [0.5, 0.6) is 23.0 Å². The van der Waals surface area contributed by atoms with Crippen LogP contribution < -0.4 is 4.74 Å². The third-order valence-corrected chi connectivity index (χ3v) is 3.24. The first kappa shape index (κ1) is 12.6. The van der Waals surface area contributed by atoms with Crippen molar-refractivity contribution in [1.29, 1.82) is 0 Å². The lowest BCUT2D eigenvalue weighted by Crippen LogP contribution is -2.38. The van der Waals surface area contributed by atoms with Crippen molar-refractivity contribution in [2.24, 2.45) is 0 Å². The van der Waals surface area contributed by atoms with Gasteiger partial charge >= 0.3 is 0 Å². The van der Waals surface area contributed by atoms with Crippen LogP contribution in [0.25, 0.3) is 10.8 Å². The van der Waals surface area contributed by atoms with Crippen molar-refractivity contribution in [1.82, 2.24) is 0 Å². The number of phenols is 3. The Morgan fingerprint density at radius 3 is 2.50 bits per heavy atom. The molecule has 0 radical (unpaired) electrons. The predicted octanol–water partition coefficient (Wildman–Crippen LogP) is 1.63. The molecule has 2 aromatic rings. The number of aliphatic hydroxyl groups is 1. The maximum absolute atomic E-state index is 12.2. The van der Waals surface area contributed by atoms with Gasteiger partial charge in [-0.05, 0) is 6.07 Å². The van der Waals surface area contributed by atoms with Crippen molar-refractivity contribution < 1.29 is 30.0 Å². The number of aromatic hydroxyl groups is 3. The Hall–Kier alpha value is -2.47. The summed E-state index contributed by atoms with van der Waals surface area (Å²) in [4.78, 5) is 12.2. The first-order valence-corrected chi connectivity index (χ1v) is 5.95. The molecule has 0 aromatic heterocycles. The molecule has 6 heteroatoms. The molecule has 0 bridgehead atoms. The Bertz CT molecular complexity index is 747. The highest BCUT2D eigenvalue weighted by Gasteiger charge is 2.36. The minimum absolute atomic E-state index is 0.0150. The SMILES string of the molecule is CC1(O)CC(=O)c2c(cc(O)c3c(O)cc(O)cc23)O1. The van der Waals surface area contributed by atoms with Crippen molar-refractivity contribution in [2.75, 3.05) is 0 Å². The summed E-state index contributed by atoms with van der Waals surface area (Å²) >= 11 is 0. The van der Waals surface area contributed by atoms with Crippen LogP contribution in [0.1, 0.15) is 23.7 Å². The summed E-state index contributed by atoms with van der Waals surface area (Å²) in [7, 11) is 0. The van der Waals surface area contributed by atoms with Gasteiger partial charge in [-0.15, -0.1) is 0 Å². The number of hydrogen-bond acceptors (Lipinski definition) is 6. The smallest absolute Gasteiger partial charge is 0.212 e. The van der Waals surface area contributed by atoms with Gasteiger partial charge in [-0.25, -0.2) is 0 Å². The van der Waals surface area contributed by atoms with E-state index in [2.05, 4.69) is 0 Å². The Balaban J connectivity index is 2.42. The number of phenolic OH excluding ortho intramolecular Hbond substituents is 3. The molecule has 4 N–H and O–H groups in total. The molecule has 1 heterocycles. The second kappa shape index (κ2) is 3.77. The number of ketones is 1. The monoisotopic (exact) mass is 276 g/mol. The fourth-order valence-electron chi connectivity index (χ4n) is 2.51. The molecule has 20 heavy (non-hydrogen) atoms. The third-order valence-electron chi connectivity index (χ3n) is 3.24. The summed E-state index contributed by atoms with van der Waals surface area (Å²) in [6, 6.07) is 3.49. The molecule has 1 atom stereocenters. The average Bonchev–Trinajstić information content (AvgIpc) is 2.24. The molecule has 1 unspecified atom stereocenters. The standard InChI is InChI=1S/C14H12O6/c1-14(19)5-10(18)13-7-2-6(15)3-8(16)12(7)9(17)4-11(13)20-14/h2-4,15-17,19H,5H2,1H3. The fraction of sp³-hybridized carbons (Fsp3) is 0.214. The van der Waals surface area contributed by atoms with Gasteiger partial charge in [0.1, 0.15) is 23.0 Å². The highest BCUT2D eigenvalue weighted by Crippen LogP contribution is 2.45. The van der Waals surface area contributed by atoms with E-state index in [4.69, 9.17) is 4.74 Å². The maximum Gasteiger partial charge on any atom is 0.212 e. The predicted molar refractivity (Wildman–Crippen MR) is 69.1 cm³/mol. The number of carbonyl (C=O) groups is 1. The first-order chi connectivity index (χ1) is 9.28. The Labute approximate surface area is 113 Å². The van der Waals surface area contributed by atoms with E-state index >= 15 is 0 Å². The van der Waals surface area contributed by atoms with Gasteiger partial charge < -0.3 is 25.2 Å². The molecule has 1 aliphatic rings. The number of benzene rings is 2. The zero-order valence-corrected chi connectivity index (χ0v) is 10.5. The molecule has 1 aliphatic heterocycles. The van der Waals surface area contributed by atoms with Gasteiger partial charge in [-0.2, -0.15) is 0 Å². The minimum atomic E-state index is -1.65. The molecule has 0 amide bonds. The molecule has 2 aromatic carbocycles. The zero-order valence-electron chi connectivity index (χ0n) is 10.5. The highest BCUT2D eigenvalue weighted by molar-refractivity contribution is 6.14. The quantitative estimate of drug-likeness (QED) is 0.582. The van der Waals surface area contributed by atoms with Gasteiger partial charge in [0.2, 0.25) is 5.79 Å². The van der Waals surface area contributed by atoms with Crippen LogP contribution in [0, 0.1) is 0 Å². The van der Waals surface area contributed by atoms with Crippen molar-refractivity contribution in [2.45, 2.75) is 19.1 Å². The van der Waals surface area contributed by atoms with Crippen molar-refractivity contribution in [3.8, 4) is 23.0 Å². The van der Waals surface area contributed by atoms with Crippen LogP contribution in [-0.2, 0) is 0 Å². The molecule has 0 aliphatic carbocycles. The van der Waals surface area contributed by atoms with E-state index < -0.39 is 11.6 Å². The molecular formula is C14H12O6. The number of ether oxygens (including phenoxy) is 1. The molecule has 0 saturated heterocycles. The minimum Gasteiger partial charge on any atom is -0.508 e. The summed E-state index contributed by atoms with van der Waals surface area (Å²) in [6.45, 7) is 1.34. The number of Topliss-reactive ketones (excluding diaryl/α,β-unsaturated/α-hetero) is 1. The van der Waals surface area contributed by atoms with Crippen LogP contribution in [0.3, 0.4) is 0 Å². The van der Waals surface area contributed by atoms with Crippen LogP contribution in [0.15, 0.2) is 18.2 Å². The molecule has 0 spiro atoms. The van der Waals surface area contributed by atoms with Gasteiger partial charge in [0.15, 0.2) is 5.78 Å². The van der Waals surface area contributed by atoms with E-state index in [1.54, 1.807) is 0 Å². The van der Waals surface area contributed by atoms with Crippen LogP contribution in [0.2, 0.25) is 0 Å². The zero-order chi connectivity index (χ0) is 14.7. The molecule has 0 saturated carbocycles. The largest absolute Gasteiger partial charge is 0.508 e. The Kier molecular flexibility index (Phi) is 2.37. The van der Waals surface area contributed by atoms with Gasteiger partial charge in [-0.1, -0.05) is 0 Å². The number of hydrogen-bond donors (Lipinski definition) is 4. The van der Waals surface area contributed by atoms with E-state index in [9.17, 15) is 25.2 Å². The van der Waals surface area contributed by atoms with E-state index in [0.717, 1.165) is 6.07 Å². The maximum atomic E-state index is 12.2. The molecule has 104 valence electrons. The number of fused-ring (bicyclic) bond motifs is 3. The van der Waals surface area contributed by atoms with E-state index in [1.807, 2.05) is 0 Å². The summed E-state index contributed by atoms with van der Waals surface area (Å²) in [5.41, 5.74) is 0.121. The lowest BCUT2D eigenvalue weighted by molar-refractivity contribution is -0.123. The van der Waals surface area contributed by atoms with Crippen molar-refractivity contribution >= 4 is 16.6 Å². The average molecular weight is 276 g/mol. The fourth-order valence-corrected chi connectivity index (χ4v) is 2.51. The number of rotatable bonds is 0. The summed E-state index contributed by atoms with van der Waals surface area (Å²) < 4.78 is 5.27. The van der Waals surface area contributed by atoms with Gasteiger partial charge in [0.05, 0.1) is 17.4 Å². The van der Waals surface area contributed by atoms with Crippen molar-refractivity contribution in [3.05, 3.63) is 23.8 Å².